The molecule has 0 bridgehead atoms. The highest BCUT2D eigenvalue weighted by Gasteiger charge is 2.19. The van der Waals surface area contributed by atoms with Crippen molar-refractivity contribution in [3.63, 3.8) is 0 Å². The minimum Gasteiger partial charge on any atom is -0.270 e. The molecule has 0 saturated heterocycles. The molecule has 3 aromatic rings. The lowest BCUT2D eigenvalue weighted by Crippen LogP contribution is -2.04. The minimum atomic E-state index is -0.238. The molecule has 2 heterocycles. The molecule has 0 N–H and O–H groups in total. The van der Waals surface area contributed by atoms with Crippen LogP contribution in [-0.2, 0) is 0 Å². The third kappa shape index (κ3) is 3.14. The Kier molecular flexibility index (Phi) is 4.84. The summed E-state index contributed by atoms with van der Waals surface area (Å²) in [5, 5.41) is 18.8. The molecule has 2 aromatic heterocycles. The number of hydrogen-bond acceptors (Lipinski definition) is 5. The number of nitriles is 1. The summed E-state index contributed by atoms with van der Waals surface area (Å²) in [6.45, 7) is 3.79. The van der Waals surface area contributed by atoms with Crippen molar-refractivity contribution in [1.29, 1.82) is 5.26 Å². The standard InChI is InChI=1S/C17H14ClN5S/c1-11(10-19)24-17-22-21-16(13-6-8-20-9-7-13)23(17)15-5-3-4-14(18)12(15)2/h3-9,11H,1-2H3. The van der Waals surface area contributed by atoms with Gasteiger partial charge in [-0.15, -0.1) is 10.2 Å². The number of nitrogens with zero attached hydrogens (tertiary/aromatic N) is 5. The summed E-state index contributed by atoms with van der Waals surface area (Å²) < 4.78 is 1.94. The van der Waals surface area contributed by atoms with Crippen molar-refractivity contribution >= 4 is 23.4 Å². The van der Waals surface area contributed by atoms with Crippen LogP contribution < -0.4 is 0 Å². The predicted octanol–water partition coefficient (Wildman–Crippen LogP) is 4.30. The number of thioether (sulfide) groups is 1. The van der Waals surface area contributed by atoms with Gasteiger partial charge in [0.25, 0.3) is 0 Å². The van der Waals surface area contributed by atoms with Gasteiger partial charge in [-0.25, -0.2) is 0 Å². The maximum Gasteiger partial charge on any atom is 0.197 e. The Labute approximate surface area is 149 Å². The molecule has 0 amide bonds. The molecular weight excluding hydrogens is 342 g/mol. The van der Waals surface area contributed by atoms with Crippen LogP contribution in [0.1, 0.15) is 12.5 Å². The lowest BCUT2D eigenvalue weighted by molar-refractivity contribution is 0.878. The maximum atomic E-state index is 9.12. The normalized spacial score (nSPS) is 11.9. The second kappa shape index (κ2) is 7.04. The zero-order chi connectivity index (χ0) is 17.1. The van der Waals surface area contributed by atoms with Crippen LogP contribution in [0.4, 0.5) is 0 Å². The number of halogens is 1. The third-order valence-corrected chi connectivity index (χ3v) is 4.86. The molecule has 0 fully saturated rings. The van der Waals surface area contributed by atoms with Gasteiger partial charge in [0.15, 0.2) is 11.0 Å². The second-order valence-corrected chi connectivity index (χ2v) is 6.87. The van der Waals surface area contributed by atoms with E-state index in [9.17, 15) is 0 Å². The van der Waals surface area contributed by atoms with Gasteiger partial charge in [-0.3, -0.25) is 9.55 Å². The fourth-order valence-corrected chi connectivity index (χ4v) is 3.19. The van der Waals surface area contributed by atoms with Crippen LogP contribution in [-0.4, -0.2) is 25.0 Å². The lowest BCUT2D eigenvalue weighted by atomic mass is 10.2. The number of rotatable bonds is 4. The first kappa shape index (κ1) is 16.5. The molecule has 24 heavy (non-hydrogen) atoms. The van der Waals surface area contributed by atoms with Gasteiger partial charge in [0.05, 0.1) is 17.0 Å². The van der Waals surface area contributed by atoms with E-state index in [1.54, 1.807) is 12.4 Å². The molecular formula is C17H14ClN5S. The smallest absolute Gasteiger partial charge is 0.197 e. The van der Waals surface area contributed by atoms with E-state index in [0.29, 0.717) is 16.0 Å². The molecule has 5 nitrogen and oxygen atoms in total. The first-order valence-electron chi connectivity index (χ1n) is 7.29. The van der Waals surface area contributed by atoms with E-state index in [-0.39, 0.29) is 5.25 Å². The minimum absolute atomic E-state index is 0.238. The monoisotopic (exact) mass is 355 g/mol. The van der Waals surface area contributed by atoms with Crippen molar-refractivity contribution in [2.75, 3.05) is 0 Å². The largest absolute Gasteiger partial charge is 0.270 e. The quantitative estimate of drug-likeness (QED) is 0.653. The van der Waals surface area contributed by atoms with Crippen LogP contribution in [0.25, 0.3) is 17.1 Å². The summed E-state index contributed by atoms with van der Waals surface area (Å²) in [5.74, 6) is 0.690. The number of pyridine rings is 1. The Balaban J connectivity index is 2.22. The summed E-state index contributed by atoms with van der Waals surface area (Å²) in [6.07, 6.45) is 3.42. The van der Waals surface area contributed by atoms with E-state index >= 15 is 0 Å². The SMILES string of the molecule is Cc1c(Cl)cccc1-n1c(SC(C)C#N)nnc1-c1ccncc1. The van der Waals surface area contributed by atoms with Crippen molar-refractivity contribution in [1.82, 2.24) is 19.7 Å². The van der Waals surface area contributed by atoms with Crippen LogP contribution in [0.5, 0.6) is 0 Å². The van der Waals surface area contributed by atoms with Gasteiger partial charge < -0.3 is 0 Å². The molecule has 0 saturated carbocycles. The fraction of sp³-hybridized carbons (Fsp3) is 0.176. The van der Waals surface area contributed by atoms with Crippen LogP contribution in [0, 0.1) is 18.3 Å². The molecule has 3 rings (SSSR count). The zero-order valence-corrected chi connectivity index (χ0v) is 14.7. The van der Waals surface area contributed by atoms with Gasteiger partial charge in [0, 0.05) is 23.0 Å². The molecule has 0 aliphatic heterocycles. The molecule has 0 radical (unpaired) electrons. The Hall–Kier alpha value is -2.36. The topological polar surface area (TPSA) is 67.4 Å². The maximum absolute atomic E-state index is 9.12. The summed E-state index contributed by atoms with van der Waals surface area (Å²) in [5.41, 5.74) is 2.72. The Morgan fingerprint density at radius 1 is 1.21 bits per heavy atom. The summed E-state index contributed by atoms with van der Waals surface area (Å²) >= 11 is 7.66. The first-order chi connectivity index (χ1) is 11.6. The van der Waals surface area contributed by atoms with E-state index < -0.39 is 0 Å². The molecule has 7 heteroatoms. The average Bonchev–Trinajstić information content (AvgIpc) is 3.01. The highest BCUT2D eigenvalue weighted by Crippen LogP contribution is 2.32. The molecule has 0 spiro atoms. The van der Waals surface area contributed by atoms with Gasteiger partial charge in [-0.1, -0.05) is 29.4 Å². The van der Waals surface area contributed by atoms with E-state index in [0.717, 1.165) is 16.8 Å². The summed E-state index contributed by atoms with van der Waals surface area (Å²) in [6, 6.07) is 11.7. The van der Waals surface area contributed by atoms with Gasteiger partial charge in [0.1, 0.15) is 0 Å². The van der Waals surface area contributed by atoms with Gasteiger partial charge in [-0.2, -0.15) is 5.26 Å². The van der Waals surface area contributed by atoms with Crippen molar-refractivity contribution in [2.45, 2.75) is 24.3 Å². The van der Waals surface area contributed by atoms with E-state index in [1.807, 2.05) is 48.7 Å². The third-order valence-electron chi connectivity index (χ3n) is 3.52. The van der Waals surface area contributed by atoms with Crippen molar-refractivity contribution < 1.29 is 0 Å². The van der Waals surface area contributed by atoms with Crippen molar-refractivity contribution in [3.05, 3.63) is 53.3 Å². The first-order valence-corrected chi connectivity index (χ1v) is 8.55. The average molecular weight is 356 g/mol. The summed E-state index contributed by atoms with van der Waals surface area (Å²) in [4.78, 5) is 4.05. The van der Waals surface area contributed by atoms with Gasteiger partial charge in [0.2, 0.25) is 0 Å². The second-order valence-electron chi connectivity index (χ2n) is 5.15. The lowest BCUT2D eigenvalue weighted by Gasteiger charge is -2.14. The Bertz CT molecular complexity index is 901. The molecule has 1 aromatic carbocycles. The molecule has 1 unspecified atom stereocenters. The van der Waals surface area contributed by atoms with E-state index in [2.05, 4.69) is 21.3 Å². The number of benzene rings is 1. The summed E-state index contributed by atoms with van der Waals surface area (Å²) in [7, 11) is 0. The Morgan fingerprint density at radius 2 is 1.96 bits per heavy atom. The molecule has 1 atom stereocenters. The molecule has 0 aliphatic carbocycles. The number of aromatic nitrogens is 4. The van der Waals surface area contributed by atoms with E-state index in [1.165, 1.54) is 11.8 Å². The number of hydrogen-bond donors (Lipinski definition) is 0. The highest BCUT2D eigenvalue weighted by molar-refractivity contribution is 8.00. The zero-order valence-electron chi connectivity index (χ0n) is 13.1. The van der Waals surface area contributed by atoms with Crippen LogP contribution in [0.2, 0.25) is 5.02 Å². The van der Waals surface area contributed by atoms with Gasteiger partial charge in [-0.05, 0) is 43.7 Å². The van der Waals surface area contributed by atoms with Crippen molar-refractivity contribution in [2.24, 2.45) is 0 Å². The highest BCUT2D eigenvalue weighted by atomic mass is 35.5. The van der Waals surface area contributed by atoms with Crippen LogP contribution in [0.3, 0.4) is 0 Å². The molecule has 120 valence electrons. The van der Waals surface area contributed by atoms with E-state index in [4.69, 9.17) is 16.9 Å². The van der Waals surface area contributed by atoms with Crippen LogP contribution in [0.15, 0.2) is 47.9 Å². The Morgan fingerprint density at radius 3 is 2.67 bits per heavy atom. The molecule has 0 aliphatic rings. The van der Waals surface area contributed by atoms with Crippen LogP contribution >= 0.6 is 23.4 Å². The predicted molar refractivity (Wildman–Crippen MR) is 95.3 cm³/mol. The fourth-order valence-electron chi connectivity index (χ4n) is 2.27. The van der Waals surface area contributed by atoms with Crippen molar-refractivity contribution in [3.8, 4) is 23.1 Å². The van der Waals surface area contributed by atoms with Gasteiger partial charge >= 0.3 is 0 Å².